The number of aliphatic carboxylic acids is 1. The third-order valence-electron chi connectivity index (χ3n) is 4.73. The fraction of sp³-hybridized carbons (Fsp3) is 0.857. The number of fused-ring (bicyclic) bond motifs is 1. The fourth-order valence-electron chi connectivity index (χ4n) is 3.63. The van der Waals surface area contributed by atoms with Crippen LogP contribution in [0.25, 0.3) is 0 Å². The van der Waals surface area contributed by atoms with Gasteiger partial charge in [-0.05, 0) is 19.3 Å². The Morgan fingerprint density at radius 1 is 1.10 bits per heavy atom. The van der Waals surface area contributed by atoms with E-state index in [1.165, 1.54) is 0 Å². The zero-order valence-electron chi connectivity index (χ0n) is 12.2. The Kier molecular flexibility index (Phi) is 4.30. The van der Waals surface area contributed by atoms with Gasteiger partial charge in [-0.1, -0.05) is 0 Å². The van der Waals surface area contributed by atoms with E-state index in [9.17, 15) is 9.59 Å². The molecule has 0 spiro atoms. The lowest BCUT2D eigenvalue weighted by Gasteiger charge is -2.42. The van der Waals surface area contributed by atoms with Gasteiger partial charge in [-0.15, -0.1) is 0 Å². The smallest absolute Gasteiger partial charge is 0.320 e. The van der Waals surface area contributed by atoms with E-state index in [1.807, 2.05) is 14.7 Å². The minimum atomic E-state index is -0.809. The number of carbonyl (C=O) groups excluding carboxylic acids is 1. The molecule has 118 valence electrons. The van der Waals surface area contributed by atoms with Gasteiger partial charge >= 0.3 is 12.0 Å². The highest BCUT2D eigenvalue weighted by molar-refractivity contribution is 5.75. The highest BCUT2D eigenvalue weighted by atomic mass is 16.5. The van der Waals surface area contributed by atoms with E-state index in [4.69, 9.17) is 9.84 Å². The summed E-state index contributed by atoms with van der Waals surface area (Å²) in [4.78, 5) is 29.1. The molecule has 0 radical (unpaired) electrons. The lowest BCUT2D eigenvalue weighted by Crippen LogP contribution is -2.59. The second-order valence-electron chi connectivity index (χ2n) is 6.04. The number of urea groups is 1. The number of ether oxygens (including phenoxy) is 1. The zero-order valence-corrected chi connectivity index (χ0v) is 12.2. The predicted molar refractivity (Wildman–Crippen MR) is 75.1 cm³/mol. The molecule has 7 nitrogen and oxygen atoms in total. The summed E-state index contributed by atoms with van der Waals surface area (Å²) in [7, 11) is 0. The quantitative estimate of drug-likeness (QED) is 0.780. The van der Waals surface area contributed by atoms with E-state index >= 15 is 0 Å². The highest BCUT2D eigenvalue weighted by Gasteiger charge is 2.40. The van der Waals surface area contributed by atoms with Gasteiger partial charge in [-0.25, -0.2) is 4.79 Å². The number of rotatable bonds is 2. The van der Waals surface area contributed by atoms with Crippen LogP contribution in [0.15, 0.2) is 0 Å². The number of carboxylic acid groups (broad SMARTS) is 1. The Bertz CT molecular complexity index is 409. The van der Waals surface area contributed by atoms with Crippen LogP contribution in [0, 0.1) is 0 Å². The third kappa shape index (κ3) is 3.13. The van der Waals surface area contributed by atoms with Crippen LogP contribution in [0.1, 0.15) is 19.3 Å². The van der Waals surface area contributed by atoms with Crippen molar-refractivity contribution in [3.63, 3.8) is 0 Å². The average molecular weight is 297 g/mol. The summed E-state index contributed by atoms with van der Waals surface area (Å²) in [6.45, 7) is 3.86. The second-order valence-corrected chi connectivity index (χ2v) is 6.04. The molecule has 0 aromatic carbocycles. The van der Waals surface area contributed by atoms with Crippen molar-refractivity contribution >= 4 is 12.0 Å². The van der Waals surface area contributed by atoms with Gasteiger partial charge in [0.25, 0.3) is 0 Å². The van der Waals surface area contributed by atoms with Crippen molar-refractivity contribution in [1.82, 2.24) is 14.7 Å². The van der Waals surface area contributed by atoms with Crippen molar-refractivity contribution in [1.29, 1.82) is 0 Å². The van der Waals surface area contributed by atoms with E-state index < -0.39 is 5.97 Å². The van der Waals surface area contributed by atoms with Gasteiger partial charge in [-0.2, -0.15) is 0 Å². The summed E-state index contributed by atoms with van der Waals surface area (Å²) in [6.07, 6.45) is 3.44. The molecular formula is C14H23N3O4. The van der Waals surface area contributed by atoms with Crippen molar-refractivity contribution in [2.24, 2.45) is 0 Å². The molecule has 0 aromatic heterocycles. The summed E-state index contributed by atoms with van der Waals surface area (Å²) in [5, 5.41) is 8.80. The zero-order chi connectivity index (χ0) is 14.8. The van der Waals surface area contributed by atoms with Gasteiger partial charge in [0.2, 0.25) is 0 Å². The van der Waals surface area contributed by atoms with Crippen LogP contribution in [0.4, 0.5) is 4.79 Å². The van der Waals surface area contributed by atoms with Crippen molar-refractivity contribution in [2.45, 2.75) is 31.4 Å². The van der Waals surface area contributed by atoms with Gasteiger partial charge < -0.3 is 19.6 Å². The number of nitrogens with zero attached hydrogens (tertiary/aromatic N) is 3. The van der Waals surface area contributed by atoms with Gasteiger partial charge in [-0.3, -0.25) is 9.69 Å². The van der Waals surface area contributed by atoms with Crippen LogP contribution >= 0.6 is 0 Å². The van der Waals surface area contributed by atoms with Gasteiger partial charge in [0.05, 0.1) is 25.3 Å². The third-order valence-corrected chi connectivity index (χ3v) is 4.73. The number of morpholine rings is 1. The van der Waals surface area contributed by atoms with Crippen LogP contribution in [0.3, 0.4) is 0 Å². The Morgan fingerprint density at radius 3 is 2.57 bits per heavy atom. The highest BCUT2D eigenvalue weighted by Crippen LogP contribution is 2.30. The van der Waals surface area contributed by atoms with E-state index in [-0.39, 0.29) is 24.7 Å². The Balaban J connectivity index is 1.55. The van der Waals surface area contributed by atoms with E-state index in [2.05, 4.69) is 0 Å². The molecular weight excluding hydrogens is 274 g/mol. The summed E-state index contributed by atoms with van der Waals surface area (Å²) in [6, 6.07) is 0.341. The monoisotopic (exact) mass is 297 g/mol. The van der Waals surface area contributed by atoms with Crippen molar-refractivity contribution in [3.05, 3.63) is 0 Å². The predicted octanol–water partition coefficient (Wildman–Crippen LogP) is 0.0619. The Labute approximate surface area is 124 Å². The minimum Gasteiger partial charge on any atom is -0.480 e. The molecule has 1 N–H and O–H groups in total. The lowest BCUT2D eigenvalue weighted by atomic mass is 10.1. The maximum absolute atomic E-state index is 12.7. The Hall–Kier alpha value is -1.34. The second kappa shape index (κ2) is 6.19. The van der Waals surface area contributed by atoms with Crippen LogP contribution in [-0.4, -0.2) is 89.8 Å². The van der Waals surface area contributed by atoms with Crippen molar-refractivity contribution < 1.29 is 19.4 Å². The molecule has 3 aliphatic rings. The van der Waals surface area contributed by atoms with Crippen LogP contribution in [0.2, 0.25) is 0 Å². The number of carboxylic acids is 1. The van der Waals surface area contributed by atoms with Crippen LogP contribution in [-0.2, 0) is 9.53 Å². The molecule has 7 heteroatoms. The molecule has 21 heavy (non-hydrogen) atoms. The number of carbonyl (C=O) groups is 2. The number of hydrogen-bond acceptors (Lipinski definition) is 4. The van der Waals surface area contributed by atoms with Crippen LogP contribution in [0.5, 0.6) is 0 Å². The van der Waals surface area contributed by atoms with Crippen molar-refractivity contribution in [2.75, 3.05) is 45.9 Å². The molecule has 2 atom stereocenters. The maximum atomic E-state index is 12.7. The molecule has 1 aliphatic carbocycles. The molecule has 0 aromatic rings. The van der Waals surface area contributed by atoms with E-state index in [0.717, 1.165) is 19.3 Å². The first-order valence-corrected chi connectivity index (χ1v) is 7.76. The van der Waals surface area contributed by atoms with Gasteiger partial charge in [0, 0.05) is 32.7 Å². The Morgan fingerprint density at radius 2 is 1.86 bits per heavy atom. The molecule has 2 heterocycles. The maximum Gasteiger partial charge on any atom is 0.320 e. The van der Waals surface area contributed by atoms with Crippen molar-refractivity contribution in [3.8, 4) is 0 Å². The molecule has 1 saturated carbocycles. The molecule has 2 unspecified atom stereocenters. The topological polar surface area (TPSA) is 73.3 Å². The van der Waals surface area contributed by atoms with E-state index in [1.54, 1.807) is 0 Å². The summed E-state index contributed by atoms with van der Waals surface area (Å²) in [5.41, 5.74) is 0. The first-order chi connectivity index (χ1) is 10.1. The first-order valence-electron chi connectivity index (χ1n) is 7.76. The van der Waals surface area contributed by atoms with Gasteiger partial charge in [0.1, 0.15) is 0 Å². The summed E-state index contributed by atoms with van der Waals surface area (Å²) in [5.74, 6) is -0.809. The normalized spacial score (nSPS) is 30.3. The number of piperazine rings is 1. The molecule has 2 amide bonds. The molecule has 2 aliphatic heterocycles. The number of amides is 2. The number of hydrogen-bond donors (Lipinski definition) is 1. The molecule has 3 fully saturated rings. The molecule has 3 rings (SSSR count). The van der Waals surface area contributed by atoms with E-state index in [0.29, 0.717) is 39.3 Å². The molecule has 2 saturated heterocycles. The fourth-order valence-corrected chi connectivity index (χ4v) is 3.63. The minimum absolute atomic E-state index is 0.0598. The van der Waals surface area contributed by atoms with Crippen LogP contribution < -0.4 is 0 Å². The lowest BCUT2D eigenvalue weighted by molar-refractivity contribution is -0.138. The largest absolute Gasteiger partial charge is 0.480 e. The average Bonchev–Trinajstić information content (AvgIpc) is 2.95. The first kappa shape index (κ1) is 14.6. The standard InChI is InChI=1S/C14H23N3O4/c18-13(19)10-15-4-6-16(7-5-15)14(20)17-8-9-21-12-3-1-2-11(12)17/h11-12H,1-10H2,(H,18,19). The SMILES string of the molecule is O=C(O)CN1CCN(C(=O)N2CCOC3CCCC32)CC1. The summed E-state index contributed by atoms with van der Waals surface area (Å²) < 4.78 is 5.74. The molecule has 0 bridgehead atoms. The van der Waals surface area contributed by atoms with Gasteiger partial charge in [0.15, 0.2) is 0 Å². The summed E-state index contributed by atoms with van der Waals surface area (Å²) >= 11 is 0.